The first-order valence-electron chi connectivity index (χ1n) is 5.64. The lowest BCUT2D eigenvalue weighted by Gasteiger charge is -2.05. The van der Waals surface area contributed by atoms with Gasteiger partial charge in [0, 0.05) is 4.47 Å². The Balaban J connectivity index is 2.09. The molecule has 1 aromatic carbocycles. The lowest BCUT2D eigenvalue weighted by molar-refractivity contribution is -0.402. The van der Waals surface area contributed by atoms with Gasteiger partial charge in [0.15, 0.2) is 5.76 Å². The Bertz CT molecular complexity index is 772. The lowest BCUT2D eigenvalue weighted by atomic mass is 10.2. The van der Waals surface area contributed by atoms with Crippen molar-refractivity contribution in [1.82, 2.24) is 5.43 Å². The van der Waals surface area contributed by atoms with Crippen LogP contribution in [0.5, 0.6) is 5.75 Å². The number of rotatable bonds is 4. The number of phenolic OH excluding ortho intramolecular Hbond substituents is 1. The standard InChI is InChI=1S/C12H7Br2N3O5/c13-6-3-8(11(18)9(14)4-6)12(19)16-15-5-7-1-2-10(22-7)17(20)21/h1-5,18H,(H,16,19). The van der Waals surface area contributed by atoms with E-state index < -0.39 is 16.7 Å². The van der Waals surface area contributed by atoms with Crippen LogP contribution in [0.15, 0.2) is 42.7 Å². The maximum atomic E-state index is 11.9. The van der Waals surface area contributed by atoms with Crippen LogP contribution in [0.25, 0.3) is 0 Å². The molecule has 1 amide bonds. The van der Waals surface area contributed by atoms with E-state index in [0.29, 0.717) is 8.95 Å². The molecule has 0 unspecified atom stereocenters. The monoisotopic (exact) mass is 431 g/mol. The first-order valence-corrected chi connectivity index (χ1v) is 7.22. The molecule has 1 heterocycles. The molecular formula is C12H7Br2N3O5. The Morgan fingerprint density at radius 3 is 2.77 bits per heavy atom. The molecule has 2 aromatic rings. The maximum Gasteiger partial charge on any atom is 0.433 e. The van der Waals surface area contributed by atoms with Gasteiger partial charge in [-0.15, -0.1) is 0 Å². The molecule has 22 heavy (non-hydrogen) atoms. The number of aromatic hydroxyl groups is 1. The minimum atomic E-state index is -0.688. The summed E-state index contributed by atoms with van der Waals surface area (Å²) >= 11 is 6.31. The maximum absolute atomic E-state index is 11.9. The number of halogens is 2. The van der Waals surface area contributed by atoms with Gasteiger partial charge in [-0.2, -0.15) is 5.10 Å². The van der Waals surface area contributed by atoms with Gasteiger partial charge in [-0.25, -0.2) is 5.43 Å². The third kappa shape index (κ3) is 3.71. The number of amides is 1. The van der Waals surface area contributed by atoms with E-state index in [1.165, 1.54) is 18.2 Å². The molecule has 0 aliphatic rings. The molecule has 1 aromatic heterocycles. The van der Waals surface area contributed by atoms with Gasteiger partial charge in [0.2, 0.25) is 0 Å². The first-order chi connectivity index (χ1) is 10.4. The van der Waals surface area contributed by atoms with Crippen LogP contribution in [0.2, 0.25) is 0 Å². The second-order valence-corrected chi connectivity index (χ2v) is 5.69. The van der Waals surface area contributed by atoms with Crippen LogP contribution in [-0.4, -0.2) is 22.2 Å². The number of hydrogen-bond donors (Lipinski definition) is 2. The van der Waals surface area contributed by atoms with Crippen LogP contribution < -0.4 is 5.43 Å². The van der Waals surface area contributed by atoms with Gasteiger partial charge in [-0.05, 0) is 34.1 Å². The van der Waals surface area contributed by atoms with Crippen LogP contribution in [0.3, 0.4) is 0 Å². The zero-order valence-electron chi connectivity index (χ0n) is 10.6. The van der Waals surface area contributed by atoms with Crippen LogP contribution in [0.1, 0.15) is 16.1 Å². The number of benzene rings is 1. The summed E-state index contributed by atoms with van der Waals surface area (Å²) in [6.07, 6.45) is 1.11. The fourth-order valence-electron chi connectivity index (χ4n) is 1.46. The number of hydrogen-bond acceptors (Lipinski definition) is 6. The molecule has 2 N–H and O–H groups in total. The van der Waals surface area contributed by atoms with Crippen molar-refractivity contribution < 1.29 is 19.2 Å². The minimum absolute atomic E-state index is 0.00354. The van der Waals surface area contributed by atoms with E-state index in [9.17, 15) is 20.0 Å². The number of nitrogens with zero attached hydrogens (tertiary/aromatic N) is 2. The van der Waals surface area contributed by atoms with Gasteiger partial charge < -0.3 is 9.52 Å². The summed E-state index contributed by atoms with van der Waals surface area (Å²) in [4.78, 5) is 21.7. The highest BCUT2D eigenvalue weighted by atomic mass is 79.9. The van der Waals surface area contributed by atoms with E-state index in [0.717, 1.165) is 6.21 Å². The largest absolute Gasteiger partial charge is 0.506 e. The first kappa shape index (κ1) is 16.2. The van der Waals surface area contributed by atoms with Crippen molar-refractivity contribution in [2.75, 3.05) is 0 Å². The third-order valence-corrected chi connectivity index (χ3v) is 3.49. The Kier molecular flexibility index (Phi) is 4.93. The Labute approximate surface area is 140 Å². The summed E-state index contributed by atoms with van der Waals surface area (Å²) in [6, 6.07) is 5.50. The molecule has 0 saturated heterocycles. The lowest BCUT2D eigenvalue weighted by Crippen LogP contribution is -2.17. The molecule has 0 bridgehead atoms. The summed E-state index contributed by atoms with van der Waals surface area (Å²) in [6.45, 7) is 0. The molecule has 8 nitrogen and oxygen atoms in total. The number of carbonyl (C=O) groups is 1. The van der Waals surface area contributed by atoms with E-state index in [2.05, 4.69) is 42.4 Å². The molecule has 0 radical (unpaired) electrons. The van der Waals surface area contributed by atoms with Crippen molar-refractivity contribution >= 4 is 49.9 Å². The van der Waals surface area contributed by atoms with E-state index in [-0.39, 0.29) is 17.1 Å². The fourth-order valence-corrected chi connectivity index (χ4v) is 2.69. The van der Waals surface area contributed by atoms with Gasteiger partial charge in [0.25, 0.3) is 5.91 Å². The van der Waals surface area contributed by atoms with E-state index in [4.69, 9.17) is 4.42 Å². The van der Waals surface area contributed by atoms with Crippen molar-refractivity contribution in [3.8, 4) is 5.75 Å². The van der Waals surface area contributed by atoms with Gasteiger partial charge in [-0.3, -0.25) is 14.9 Å². The molecule has 0 aliphatic heterocycles. The van der Waals surface area contributed by atoms with Gasteiger partial charge in [0.05, 0.1) is 22.3 Å². The summed E-state index contributed by atoms with van der Waals surface area (Å²) in [5, 5.41) is 23.9. The van der Waals surface area contributed by atoms with Crippen molar-refractivity contribution in [2.24, 2.45) is 5.10 Å². The number of nitro groups is 1. The predicted octanol–water partition coefficient (Wildman–Crippen LogP) is 3.18. The SMILES string of the molecule is O=C(NN=Cc1ccc([N+](=O)[O-])o1)c1cc(Br)cc(Br)c1O. The second-order valence-electron chi connectivity index (χ2n) is 3.92. The molecular weight excluding hydrogens is 426 g/mol. The van der Waals surface area contributed by atoms with E-state index in [1.807, 2.05) is 0 Å². The number of carbonyl (C=O) groups excluding carboxylic acids is 1. The van der Waals surface area contributed by atoms with Crippen molar-refractivity contribution in [3.63, 3.8) is 0 Å². The summed E-state index contributed by atoms with van der Waals surface area (Å²) in [5.74, 6) is -1.21. The molecule has 0 atom stereocenters. The predicted molar refractivity (Wildman–Crippen MR) is 83.9 cm³/mol. The summed E-state index contributed by atoms with van der Waals surface area (Å²) in [7, 11) is 0. The zero-order chi connectivity index (χ0) is 16.3. The fraction of sp³-hybridized carbons (Fsp3) is 0. The average Bonchev–Trinajstić information content (AvgIpc) is 2.91. The van der Waals surface area contributed by atoms with Crippen molar-refractivity contribution in [1.29, 1.82) is 0 Å². The smallest absolute Gasteiger partial charge is 0.433 e. The number of nitrogens with one attached hydrogen (secondary N) is 1. The van der Waals surface area contributed by atoms with Gasteiger partial charge >= 0.3 is 5.88 Å². The highest BCUT2D eigenvalue weighted by Gasteiger charge is 2.15. The van der Waals surface area contributed by atoms with Crippen LogP contribution in [0, 0.1) is 10.1 Å². The quantitative estimate of drug-likeness (QED) is 0.437. The minimum Gasteiger partial charge on any atom is -0.506 e. The van der Waals surface area contributed by atoms with Crippen LogP contribution >= 0.6 is 31.9 Å². The van der Waals surface area contributed by atoms with Gasteiger partial charge in [0.1, 0.15) is 10.7 Å². The number of hydrazone groups is 1. The summed E-state index contributed by atoms with van der Waals surface area (Å²) in [5.41, 5.74) is 2.18. The van der Waals surface area contributed by atoms with E-state index in [1.54, 1.807) is 6.07 Å². The number of phenols is 1. The molecule has 10 heteroatoms. The topological polar surface area (TPSA) is 118 Å². The molecule has 0 aliphatic carbocycles. The Morgan fingerprint density at radius 2 is 2.14 bits per heavy atom. The molecule has 2 rings (SSSR count). The van der Waals surface area contributed by atoms with Crippen LogP contribution in [-0.2, 0) is 0 Å². The zero-order valence-corrected chi connectivity index (χ0v) is 13.8. The number of furan rings is 1. The molecule has 0 saturated carbocycles. The highest BCUT2D eigenvalue weighted by Crippen LogP contribution is 2.31. The van der Waals surface area contributed by atoms with Gasteiger partial charge in [-0.1, -0.05) is 15.9 Å². The summed E-state index contributed by atoms with van der Waals surface area (Å²) < 4.78 is 5.77. The van der Waals surface area contributed by atoms with Crippen LogP contribution in [0.4, 0.5) is 5.88 Å². The highest BCUT2D eigenvalue weighted by molar-refractivity contribution is 9.11. The third-order valence-electron chi connectivity index (χ3n) is 2.42. The second kappa shape index (κ2) is 6.71. The molecule has 0 spiro atoms. The van der Waals surface area contributed by atoms with Crippen molar-refractivity contribution in [2.45, 2.75) is 0 Å². The Morgan fingerprint density at radius 1 is 1.41 bits per heavy atom. The van der Waals surface area contributed by atoms with Crippen molar-refractivity contribution in [3.05, 3.63) is 54.6 Å². The molecule has 0 fully saturated rings. The van der Waals surface area contributed by atoms with E-state index >= 15 is 0 Å². The average molecular weight is 433 g/mol. The Hall–Kier alpha value is -2.20. The normalized spacial score (nSPS) is 10.8. The molecule has 114 valence electrons.